The largest absolute Gasteiger partial charge is 0.493 e. The molecule has 0 bridgehead atoms. The van der Waals surface area contributed by atoms with Gasteiger partial charge < -0.3 is 19.7 Å². The smallest absolute Gasteiger partial charge is 0.183 e. The molecule has 1 heterocycles. The summed E-state index contributed by atoms with van der Waals surface area (Å²) in [4.78, 5) is 6.71. The van der Waals surface area contributed by atoms with Gasteiger partial charge in [-0.1, -0.05) is 13.8 Å². The number of nitrogens with zero attached hydrogens (tertiary/aromatic N) is 2. The zero-order valence-electron chi connectivity index (χ0n) is 12.4. The zero-order valence-corrected chi connectivity index (χ0v) is 12.4. The second kappa shape index (κ2) is 8.72. The quantitative estimate of drug-likeness (QED) is 0.688. The van der Waals surface area contributed by atoms with Gasteiger partial charge in [0.05, 0.1) is 19.9 Å². The lowest BCUT2D eigenvalue weighted by atomic mass is 10.3. The maximum absolute atomic E-state index is 5.35. The van der Waals surface area contributed by atoms with Crippen LogP contribution in [0.15, 0.2) is 12.3 Å². The topological polar surface area (TPSA) is 46.6 Å². The van der Waals surface area contributed by atoms with Crippen molar-refractivity contribution >= 4 is 0 Å². The molecule has 0 spiro atoms. The molecule has 1 N–H and O–H groups in total. The van der Waals surface area contributed by atoms with Gasteiger partial charge in [0, 0.05) is 31.9 Å². The minimum absolute atomic E-state index is 0.682. The van der Waals surface area contributed by atoms with Crippen molar-refractivity contribution in [2.45, 2.75) is 20.4 Å². The van der Waals surface area contributed by atoms with Crippen molar-refractivity contribution < 1.29 is 9.47 Å². The van der Waals surface area contributed by atoms with Crippen LogP contribution < -0.4 is 14.8 Å². The van der Waals surface area contributed by atoms with E-state index in [1.54, 1.807) is 26.5 Å². The monoisotopic (exact) mass is 267 g/mol. The molecule has 1 aromatic rings. The van der Waals surface area contributed by atoms with Crippen LogP contribution in [0.5, 0.6) is 11.5 Å². The summed E-state index contributed by atoms with van der Waals surface area (Å²) in [5.74, 6) is 1.43. The number of nitrogens with one attached hydrogen (secondary N) is 1. The van der Waals surface area contributed by atoms with E-state index in [2.05, 4.69) is 29.0 Å². The second-order valence-corrected chi connectivity index (χ2v) is 4.20. The van der Waals surface area contributed by atoms with Crippen LogP contribution in [0.1, 0.15) is 19.5 Å². The van der Waals surface area contributed by atoms with Crippen LogP contribution in [0.2, 0.25) is 0 Å². The first kappa shape index (κ1) is 15.7. The van der Waals surface area contributed by atoms with Gasteiger partial charge in [0.25, 0.3) is 0 Å². The summed E-state index contributed by atoms with van der Waals surface area (Å²) in [5, 5.41) is 3.39. The number of hydrogen-bond acceptors (Lipinski definition) is 5. The van der Waals surface area contributed by atoms with Gasteiger partial charge in [0.15, 0.2) is 11.5 Å². The molecule has 0 aromatic carbocycles. The van der Waals surface area contributed by atoms with Gasteiger partial charge in [-0.25, -0.2) is 0 Å². The first-order chi connectivity index (χ1) is 9.26. The molecule has 0 saturated carbocycles. The average molecular weight is 267 g/mol. The van der Waals surface area contributed by atoms with E-state index in [1.165, 1.54) is 0 Å². The van der Waals surface area contributed by atoms with E-state index in [0.29, 0.717) is 12.3 Å². The van der Waals surface area contributed by atoms with Gasteiger partial charge in [-0.05, 0) is 13.1 Å². The van der Waals surface area contributed by atoms with Crippen LogP contribution in [0, 0.1) is 0 Å². The highest BCUT2D eigenvalue weighted by Gasteiger charge is 2.10. The molecule has 0 fully saturated rings. The predicted octanol–water partition coefficient (Wildman–Crippen LogP) is 1.53. The van der Waals surface area contributed by atoms with Crippen molar-refractivity contribution in [2.24, 2.45) is 0 Å². The van der Waals surface area contributed by atoms with Crippen LogP contribution >= 0.6 is 0 Å². The molecule has 0 radical (unpaired) electrons. The standard InChI is InChI=1S/C14H25N3O2/c1-5-17(6-2)10-9-15-11-12-14(19-4)13(18-3)7-8-16-12/h7-8,15H,5-6,9-11H2,1-4H3. The van der Waals surface area contributed by atoms with Crippen LogP contribution in [0.3, 0.4) is 0 Å². The molecule has 1 rings (SSSR count). The molecule has 0 amide bonds. The van der Waals surface area contributed by atoms with Crippen LogP contribution in [0.25, 0.3) is 0 Å². The molecule has 0 aliphatic heterocycles. The maximum Gasteiger partial charge on any atom is 0.183 e. The summed E-state index contributed by atoms with van der Waals surface area (Å²) in [5.41, 5.74) is 0.876. The van der Waals surface area contributed by atoms with Crippen molar-refractivity contribution in [3.8, 4) is 11.5 Å². The molecule has 0 aliphatic rings. The Morgan fingerprint density at radius 3 is 2.53 bits per heavy atom. The normalized spacial score (nSPS) is 10.8. The number of aromatic nitrogens is 1. The Balaban J connectivity index is 2.49. The molecule has 0 saturated heterocycles. The average Bonchev–Trinajstić information content (AvgIpc) is 2.46. The van der Waals surface area contributed by atoms with E-state index in [9.17, 15) is 0 Å². The van der Waals surface area contributed by atoms with E-state index in [0.717, 1.165) is 37.6 Å². The fourth-order valence-electron chi connectivity index (χ4n) is 1.96. The van der Waals surface area contributed by atoms with E-state index < -0.39 is 0 Å². The third kappa shape index (κ3) is 4.69. The predicted molar refractivity (Wildman–Crippen MR) is 76.8 cm³/mol. The molecule has 0 atom stereocenters. The lowest BCUT2D eigenvalue weighted by Gasteiger charge is -2.18. The lowest BCUT2D eigenvalue weighted by molar-refractivity contribution is 0.301. The Hall–Kier alpha value is -1.33. The highest BCUT2D eigenvalue weighted by Crippen LogP contribution is 2.28. The maximum atomic E-state index is 5.35. The van der Waals surface area contributed by atoms with E-state index >= 15 is 0 Å². The Kier molecular flexibility index (Phi) is 7.22. The Morgan fingerprint density at radius 1 is 1.21 bits per heavy atom. The van der Waals surface area contributed by atoms with Crippen molar-refractivity contribution in [3.05, 3.63) is 18.0 Å². The number of rotatable bonds is 9. The summed E-state index contributed by atoms with van der Waals surface area (Å²) in [7, 11) is 3.27. The summed E-state index contributed by atoms with van der Waals surface area (Å²) in [6.45, 7) is 9.18. The molecular weight excluding hydrogens is 242 g/mol. The van der Waals surface area contributed by atoms with Gasteiger partial charge in [-0.2, -0.15) is 0 Å². The molecular formula is C14H25N3O2. The summed E-state index contributed by atoms with van der Waals surface area (Å²) in [6, 6.07) is 1.80. The van der Waals surface area contributed by atoms with Gasteiger partial charge >= 0.3 is 0 Å². The van der Waals surface area contributed by atoms with Gasteiger partial charge in [-0.15, -0.1) is 0 Å². The Morgan fingerprint density at radius 2 is 1.95 bits per heavy atom. The Bertz CT molecular complexity index is 368. The van der Waals surface area contributed by atoms with Crippen molar-refractivity contribution in [2.75, 3.05) is 40.4 Å². The summed E-state index contributed by atoms with van der Waals surface area (Å²) < 4.78 is 10.6. The van der Waals surface area contributed by atoms with Crippen molar-refractivity contribution in [3.63, 3.8) is 0 Å². The Labute approximate surface area is 115 Å². The number of pyridine rings is 1. The first-order valence-corrected chi connectivity index (χ1v) is 6.75. The van der Waals surface area contributed by atoms with E-state index in [1.807, 2.05) is 0 Å². The molecule has 19 heavy (non-hydrogen) atoms. The van der Waals surface area contributed by atoms with Crippen molar-refractivity contribution in [1.82, 2.24) is 15.2 Å². The number of hydrogen-bond donors (Lipinski definition) is 1. The highest BCUT2D eigenvalue weighted by molar-refractivity contribution is 5.42. The van der Waals surface area contributed by atoms with Gasteiger partial charge in [0.2, 0.25) is 0 Å². The number of likely N-dealkylation sites (N-methyl/N-ethyl adjacent to an activating group) is 1. The molecule has 0 unspecified atom stereocenters. The lowest BCUT2D eigenvalue weighted by Crippen LogP contribution is -2.31. The molecule has 108 valence electrons. The summed E-state index contributed by atoms with van der Waals surface area (Å²) >= 11 is 0. The fraction of sp³-hybridized carbons (Fsp3) is 0.643. The third-order valence-corrected chi connectivity index (χ3v) is 3.16. The van der Waals surface area contributed by atoms with E-state index in [-0.39, 0.29) is 0 Å². The minimum Gasteiger partial charge on any atom is -0.493 e. The SMILES string of the molecule is CCN(CC)CCNCc1nccc(OC)c1OC. The molecule has 0 aliphatic carbocycles. The molecule has 1 aromatic heterocycles. The van der Waals surface area contributed by atoms with Crippen LogP contribution in [0.4, 0.5) is 0 Å². The second-order valence-electron chi connectivity index (χ2n) is 4.20. The van der Waals surface area contributed by atoms with Gasteiger partial charge in [-0.3, -0.25) is 4.98 Å². The molecule has 5 nitrogen and oxygen atoms in total. The number of ether oxygens (including phenoxy) is 2. The number of methoxy groups -OCH3 is 2. The highest BCUT2D eigenvalue weighted by atomic mass is 16.5. The third-order valence-electron chi connectivity index (χ3n) is 3.16. The zero-order chi connectivity index (χ0) is 14.1. The van der Waals surface area contributed by atoms with Crippen LogP contribution in [-0.4, -0.2) is 50.3 Å². The van der Waals surface area contributed by atoms with E-state index in [4.69, 9.17) is 9.47 Å². The van der Waals surface area contributed by atoms with Crippen molar-refractivity contribution in [1.29, 1.82) is 0 Å². The molecule has 5 heteroatoms. The summed E-state index contributed by atoms with van der Waals surface area (Å²) in [6.07, 6.45) is 1.74. The fourth-order valence-corrected chi connectivity index (χ4v) is 1.96. The van der Waals surface area contributed by atoms with Crippen LogP contribution in [-0.2, 0) is 6.54 Å². The minimum atomic E-state index is 0.682. The first-order valence-electron chi connectivity index (χ1n) is 6.75. The van der Waals surface area contributed by atoms with Gasteiger partial charge in [0.1, 0.15) is 0 Å².